The van der Waals surface area contributed by atoms with Crippen molar-refractivity contribution in [3.63, 3.8) is 0 Å². The van der Waals surface area contributed by atoms with Gasteiger partial charge in [0, 0.05) is 29.8 Å². The lowest BCUT2D eigenvalue weighted by Crippen LogP contribution is -2.29. The maximum Gasteiger partial charge on any atom is 0.322 e. The Morgan fingerprint density at radius 2 is 1.07 bits per heavy atom. The largest absolute Gasteiger partial charge is 0.486 e. The summed E-state index contributed by atoms with van der Waals surface area (Å²) in [5, 5.41) is 28.5. The highest BCUT2D eigenvalue weighted by molar-refractivity contribution is 6.38. The molecule has 0 radical (unpaired) electrons. The van der Waals surface area contributed by atoms with E-state index < -0.39 is 24.4 Å². The average molecular weight is 872 g/mol. The molecule has 0 unspecified atom stereocenters. The van der Waals surface area contributed by atoms with Crippen molar-refractivity contribution in [2.75, 3.05) is 30.3 Å². The summed E-state index contributed by atoms with van der Waals surface area (Å²) in [6.45, 7) is 1.66. The Kier molecular flexibility index (Phi) is 15.3. The molecule has 2 aliphatic rings. The lowest BCUT2D eigenvalue weighted by atomic mass is 10.1. The molecule has 10 nitrogen and oxygen atoms in total. The molecule has 0 aliphatic heterocycles. The third-order valence-electron chi connectivity index (χ3n) is 8.53. The van der Waals surface area contributed by atoms with Crippen LogP contribution in [-0.4, -0.2) is 47.7 Å². The fourth-order valence-corrected chi connectivity index (χ4v) is 6.95. The van der Waals surface area contributed by atoms with Crippen molar-refractivity contribution >= 4 is 98.8 Å². The van der Waals surface area contributed by atoms with Crippen LogP contribution in [0.4, 0.5) is 11.4 Å². The van der Waals surface area contributed by atoms with Gasteiger partial charge in [-0.3, -0.25) is 14.4 Å². The van der Waals surface area contributed by atoms with E-state index >= 15 is 0 Å². The molecule has 16 heteroatoms. The van der Waals surface area contributed by atoms with Crippen molar-refractivity contribution in [1.82, 2.24) is 5.32 Å². The number of carbonyl (C=O) groups is 3. The summed E-state index contributed by atoms with van der Waals surface area (Å²) in [5.41, 5.74) is 3.97. The van der Waals surface area contributed by atoms with Gasteiger partial charge < -0.3 is 35.6 Å². The highest BCUT2D eigenvalue weighted by Gasteiger charge is 2.23. The van der Waals surface area contributed by atoms with Gasteiger partial charge in [-0.05, 0) is 79.5 Å². The van der Waals surface area contributed by atoms with Crippen LogP contribution in [0, 0.1) is 11.8 Å². The van der Waals surface area contributed by atoms with E-state index in [9.17, 15) is 14.4 Å². The van der Waals surface area contributed by atoms with E-state index in [0.29, 0.717) is 21.4 Å². The molecule has 2 aliphatic carbocycles. The quantitative estimate of drug-likeness (QED) is 0.0700. The molecule has 1 amide bonds. The highest BCUT2D eigenvalue weighted by Crippen LogP contribution is 2.38. The minimum Gasteiger partial charge on any atom is -0.486 e. The minimum atomic E-state index is -1.15. The smallest absolute Gasteiger partial charge is 0.322 e. The van der Waals surface area contributed by atoms with E-state index in [-0.39, 0.29) is 51.0 Å². The molecule has 0 heterocycles. The number of aliphatic carboxylic acids is 2. The normalized spacial score (nSPS) is 13.3. The maximum atomic E-state index is 12.0. The van der Waals surface area contributed by atoms with Gasteiger partial charge in [-0.1, -0.05) is 93.9 Å². The van der Waals surface area contributed by atoms with Crippen molar-refractivity contribution in [3.8, 4) is 11.5 Å². The van der Waals surface area contributed by atoms with Gasteiger partial charge >= 0.3 is 11.9 Å². The van der Waals surface area contributed by atoms with E-state index in [2.05, 4.69) is 16.0 Å². The molecule has 292 valence electrons. The van der Waals surface area contributed by atoms with Gasteiger partial charge in [-0.25, -0.2) is 0 Å². The molecule has 0 aromatic heterocycles. The molecule has 5 N–H and O–H groups in total. The molecule has 2 fully saturated rings. The Bertz CT molecular complexity index is 2000. The fourth-order valence-electron chi connectivity index (χ4n) is 5.22. The van der Waals surface area contributed by atoms with Crippen molar-refractivity contribution in [1.29, 1.82) is 0 Å². The Morgan fingerprint density at radius 1 is 0.636 bits per heavy atom. The van der Waals surface area contributed by atoms with E-state index in [4.69, 9.17) is 89.3 Å². The second kappa shape index (κ2) is 19.9. The first-order chi connectivity index (χ1) is 26.3. The van der Waals surface area contributed by atoms with Crippen molar-refractivity contribution in [3.05, 3.63) is 113 Å². The van der Waals surface area contributed by atoms with E-state index in [0.717, 1.165) is 47.4 Å². The topological polar surface area (TPSA) is 146 Å². The first-order valence-electron chi connectivity index (χ1n) is 17.3. The van der Waals surface area contributed by atoms with Gasteiger partial charge in [0.05, 0.1) is 47.9 Å². The molecule has 0 spiro atoms. The maximum absolute atomic E-state index is 12.0. The van der Waals surface area contributed by atoms with Gasteiger partial charge in [0.1, 0.15) is 19.8 Å². The number of hydrogen-bond donors (Lipinski definition) is 5. The number of hydrogen-bond acceptors (Lipinski definition) is 7. The van der Waals surface area contributed by atoms with Crippen LogP contribution in [0.25, 0.3) is 0 Å². The van der Waals surface area contributed by atoms with Crippen LogP contribution in [0.5, 0.6) is 11.5 Å². The van der Waals surface area contributed by atoms with Crippen LogP contribution in [0.3, 0.4) is 0 Å². The minimum absolute atomic E-state index is 0.136. The third-order valence-corrected chi connectivity index (χ3v) is 10.5. The van der Waals surface area contributed by atoms with Gasteiger partial charge in [0.25, 0.3) is 5.91 Å². The summed E-state index contributed by atoms with van der Waals surface area (Å²) in [7, 11) is 0. The van der Waals surface area contributed by atoms with E-state index in [1.54, 1.807) is 12.1 Å². The average Bonchev–Trinajstić information content (AvgIpc) is 4.06. The van der Waals surface area contributed by atoms with Gasteiger partial charge in [0.15, 0.2) is 11.5 Å². The summed E-state index contributed by atoms with van der Waals surface area (Å²) in [5.74, 6) is -0.706. The molecule has 4 aromatic rings. The number of halogens is 6. The molecular formula is C39H37Cl6N3O7. The number of benzene rings is 4. The van der Waals surface area contributed by atoms with Crippen molar-refractivity contribution < 1.29 is 34.1 Å². The molecule has 0 bridgehead atoms. The molecule has 2 saturated carbocycles. The van der Waals surface area contributed by atoms with Crippen LogP contribution in [-0.2, 0) is 29.2 Å². The summed E-state index contributed by atoms with van der Waals surface area (Å²) in [6.07, 6.45) is 4.87. The summed E-state index contributed by atoms with van der Waals surface area (Å²) in [4.78, 5) is 33.4. The predicted molar refractivity (Wildman–Crippen MR) is 218 cm³/mol. The van der Waals surface area contributed by atoms with Crippen LogP contribution >= 0.6 is 69.6 Å². The fraction of sp³-hybridized carbons (Fsp3) is 0.308. The lowest BCUT2D eigenvalue weighted by Gasteiger charge is -2.14. The van der Waals surface area contributed by atoms with Gasteiger partial charge in [0.2, 0.25) is 0 Å². The van der Waals surface area contributed by atoms with E-state index in [1.165, 1.54) is 37.8 Å². The van der Waals surface area contributed by atoms with Gasteiger partial charge in [-0.15, -0.1) is 0 Å². The zero-order valence-corrected chi connectivity index (χ0v) is 33.7. The predicted octanol–water partition coefficient (Wildman–Crippen LogP) is 10.5. The summed E-state index contributed by atoms with van der Waals surface area (Å²) in [6, 6.07) is 17.2. The Balaban J connectivity index is 0.000000212. The number of ether oxygens (including phenoxy) is 2. The van der Waals surface area contributed by atoms with E-state index in [1.807, 2.05) is 36.4 Å². The second-order valence-electron chi connectivity index (χ2n) is 13.1. The van der Waals surface area contributed by atoms with Crippen molar-refractivity contribution in [2.24, 2.45) is 11.8 Å². The summed E-state index contributed by atoms with van der Waals surface area (Å²) < 4.78 is 11.5. The number of anilines is 2. The molecular weight excluding hydrogens is 835 g/mol. The van der Waals surface area contributed by atoms with Crippen LogP contribution < -0.4 is 25.4 Å². The first kappa shape index (κ1) is 42.4. The molecule has 0 saturated heterocycles. The second-order valence-corrected chi connectivity index (χ2v) is 15.5. The van der Waals surface area contributed by atoms with Gasteiger partial charge in [-0.2, -0.15) is 0 Å². The highest BCUT2D eigenvalue weighted by atomic mass is 35.5. The monoisotopic (exact) mass is 869 g/mol. The Hall–Kier alpha value is -3.77. The molecule has 6 rings (SSSR count). The Morgan fingerprint density at radius 3 is 1.47 bits per heavy atom. The number of carboxylic acid groups (broad SMARTS) is 2. The first-order valence-corrected chi connectivity index (χ1v) is 19.5. The molecule has 55 heavy (non-hydrogen) atoms. The lowest BCUT2D eigenvalue weighted by molar-refractivity contribution is -0.137. The standard InChI is InChI=1S/C20H19Cl3N2O4.C19H18Cl3NO3/c21-14-6-13(20(28)25-9-17(26)27)7-15(22)19(14)29-10-12-2-1-3-16(18(12)23)24-8-11-4-5-11;20-14-6-12(8-17(24)25)7-15(21)19(14)26-10-13-2-1-3-16(18(13)22)23-9-11-4-5-11/h1-3,6-7,11,24H,4-5,8-10H2,(H,25,28)(H,26,27);1-3,6-7,11,23H,4-5,8-10H2,(H,24,25). The zero-order chi connectivity index (χ0) is 39.6. The number of carbonyl (C=O) groups excluding carboxylic acids is 1. The number of carboxylic acids is 2. The number of nitrogens with one attached hydrogen (secondary N) is 3. The van der Waals surface area contributed by atoms with Crippen LogP contribution in [0.15, 0.2) is 60.7 Å². The number of rotatable bonds is 17. The number of amides is 1. The summed E-state index contributed by atoms with van der Waals surface area (Å²) >= 11 is 37.8. The van der Waals surface area contributed by atoms with Crippen LogP contribution in [0.1, 0.15) is 52.7 Å². The van der Waals surface area contributed by atoms with Crippen LogP contribution in [0.2, 0.25) is 30.1 Å². The Labute approximate surface area is 348 Å². The third kappa shape index (κ3) is 12.9. The molecule has 4 aromatic carbocycles. The SMILES string of the molecule is O=C(O)CNC(=O)c1cc(Cl)c(OCc2cccc(NCC3CC3)c2Cl)c(Cl)c1.O=C(O)Cc1cc(Cl)c(OCc2cccc(NCC3CC3)c2Cl)c(Cl)c1. The zero-order valence-electron chi connectivity index (χ0n) is 29.2. The molecule has 0 atom stereocenters. The van der Waals surface area contributed by atoms with Crippen molar-refractivity contribution in [2.45, 2.75) is 45.3 Å².